The molecule has 0 radical (unpaired) electrons. The summed E-state index contributed by atoms with van der Waals surface area (Å²) in [4.78, 5) is 11.5. The quantitative estimate of drug-likeness (QED) is 0.534. The molecule has 5 heteroatoms. The molecule has 1 fully saturated rings. The molecule has 0 atom stereocenters. The van der Waals surface area contributed by atoms with Crippen LogP contribution in [-0.2, 0) is 14.3 Å². The number of carbonyl (C=O) groups excluding carboxylic acids is 1. The molecule has 1 N–H and O–H groups in total. The second-order valence-corrected chi connectivity index (χ2v) is 4.93. The number of alkyl halides is 1. The van der Waals surface area contributed by atoms with Gasteiger partial charge in [0.25, 0.3) is 0 Å². The molecule has 0 aliphatic heterocycles. The van der Waals surface area contributed by atoms with Crippen molar-refractivity contribution in [2.24, 2.45) is 5.41 Å². The first-order chi connectivity index (χ1) is 8.22. The highest BCUT2D eigenvalue weighted by Gasteiger charge is 2.33. The molecule has 1 aliphatic carbocycles. The number of methoxy groups -OCH3 is 1. The van der Waals surface area contributed by atoms with Crippen molar-refractivity contribution in [3.63, 3.8) is 0 Å². The van der Waals surface area contributed by atoms with Crippen molar-refractivity contribution in [1.29, 1.82) is 0 Å². The van der Waals surface area contributed by atoms with Crippen molar-refractivity contribution < 1.29 is 14.3 Å². The van der Waals surface area contributed by atoms with E-state index in [9.17, 15) is 4.79 Å². The minimum atomic E-state index is -0.0718. The molecule has 0 aromatic carbocycles. The van der Waals surface area contributed by atoms with Crippen LogP contribution >= 0.6 is 11.6 Å². The number of hydrogen-bond donors (Lipinski definition) is 1. The van der Waals surface area contributed by atoms with Crippen LogP contribution in [0.5, 0.6) is 0 Å². The van der Waals surface area contributed by atoms with Crippen LogP contribution in [0.2, 0.25) is 0 Å². The van der Waals surface area contributed by atoms with E-state index in [0.717, 1.165) is 12.8 Å². The van der Waals surface area contributed by atoms with E-state index in [1.54, 1.807) is 7.11 Å². The first kappa shape index (κ1) is 14.7. The van der Waals surface area contributed by atoms with E-state index >= 15 is 0 Å². The van der Waals surface area contributed by atoms with Gasteiger partial charge < -0.3 is 14.8 Å². The number of amides is 1. The van der Waals surface area contributed by atoms with Crippen molar-refractivity contribution >= 4 is 17.5 Å². The third-order valence-electron chi connectivity index (χ3n) is 3.27. The van der Waals surface area contributed by atoms with Gasteiger partial charge in [0.15, 0.2) is 0 Å². The second kappa shape index (κ2) is 7.90. The third-order valence-corrected chi connectivity index (χ3v) is 3.84. The Morgan fingerprint density at radius 3 is 2.65 bits per heavy atom. The van der Waals surface area contributed by atoms with Gasteiger partial charge in [-0.15, -0.1) is 11.6 Å². The van der Waals surface area contributed by atoms with Crippen LogP contribution < -0.4 is 5.32 Å². The fourth-order valence-electron chi connectivity index (χ4n) is 2.13. The largest absolute Gasteiger partial charge is 0.382 e. The lowest BCUT2D eigenvalue weighted by Crippen LogP contribution is -2.38. The molecule has 1 saturated carbocycles. The molecule has 100 valence electrons. The first-order valence-electron chi connectivity index (χ1n) is 6.12. The van der Waals surface area contributed by atoms with E-state index in [-0.39, 0.29) is 17.9 Å². The highest BCUT2D eigenvalue weighted by molar-refractivity contribution is 6.18. The molecule has 0 saturated heterocycles. The van der Waals surface area contributed by atoms with Crippen LogP contribution in [0.3, 0.4) is 0 Å². The minimum absolute atomic E-state index is 0.0718. The van der Waals surface area contributed by atoms with Gasteiger partial charge in [-0.2, -0.15) is 0 Å². The Bertz CT molecular complexity index is 230. The summed E-state index contributed by atoms with van der Waals surface area (Å²) in [5.74, 6) is 0.551. The summed E-state index contributed by atoms with van der Waals surface area (Å²) in [6.07, 6.45) is 4.66. The van der Waals surface area contributed by atoms with Gasteiger partial charge in [-0.3, -0.25) is 4.79 Å². The van der Waals surface area contributed by atoms with Gasteiger partial charge in [-0.25, -0.2) is 0 Å². The lowest BCUT2D eigenvalue weighted by molar-refractivity contribution is -0.126. The van der Waals surface area contributed by atoms with E-state index in [0.29, 0.717) is 25.6 Å². The van der Waals surface area contributed by atoms with Crippen LogP contribution in [-0.4, -0.2) is 45.3 Å². The smallest absolute Gasteiger partial charge is 0.246 e. The van der Waals surface area contributed by atoms with Crippen molar-refractivity contribution in [2.75, 3.05) is 39.4 Å². The number of ether oxygens (including phenoxy) is 2. The molecular weight excluding hydrogens is 242 g/mol. The summed E-state index contributed by atoms with van der Waals surface area (Å²) in [7, 11) is 1.60. The third kappa shape index (κ3) is 5.23. The lowest BCUT2D eigenvalue weighted by atomic mass is 9.88. The molecule has 0 spiro atoms. The summed E-state index contributed by atoms with van der Waals surface area (Å²) in [5, 5.41) is 2.90. The Balaban J connectivity index is 2.14. The van der Waals surface area contributed by atoms with E-state index in [4.69, 9.17) is 21.1 Å². The normalized spacial score (nSPS) is 18.2. The van der Waals surface area contributed by atoms with E-state index in [2.05, 4.69) is 5.32 Å². The number of carbonyl (C=O) groups is 1. The van der Waals surface area contributed by atoms with Crippen molar-refractivity contribution in [3.05, 3.63) is 0 Å². The SMILES string of the molecule is COCCOCC(=O)NCC1(CCl)CCCC1. The molecule has 1 aliphatic rings. The molecule has 4 nitrogen and oxygen atoms in total. The minimum Gasteiger partial charge on any atom is -0.382 e. The maximum atomic E-state index is 11.5. The molecule has 0 unspecified atom stereocenters. The average molecular weight is 264 g/mol. The van der Waals surface area contributed by atoms with Crippen LogP contribution in [0.25, 0.3) is 0 Å². The highest BCUT2D eigenvalue weighted by atomic mass is 35.5. The zero-order chi connectivity index (χ0) is 12.6. The number of hydrogen-bond acceptors (Lipinski definition) is 3. The maximum absolute atomic E-state index is 11.5. The predicted octanol–water partition coefficient (Wildman–Crippen LogP) is 1.56. The van der Waals surface area contributed by atoms with Crippen LogP contribution in [0.15, 0.2) is 0 Å². The van der Waals surface area contributed by atoms with Gasteiger partial charge in [0.2, 0.25) is 5.91 Å². The first-order valence-corrected chi connectivity index (χ1v) is 6.65. The summed E-state index contributed by atoms with van der Waals surface area (Å²) >= 11 is 5.99. The van der Waals surface area contributed by atoms with E-state index < -0.39 is 0 Å². The highest BCUT2D eigenvalue weighted by Crippen LogP contribution is 2.38. The van der Waals surface area contributed by atoms with Crippen LogP contribution in [0, 0.1) is 5.41 Å². The van der Waals surface area contributed by atoms with Crippen LogP contribution in [0.4, 0.5) is 0 Å². The predicted molar refractivity (Wildman–Crippen MR) is 67.3 cm³/mol. The summed E-state index contributed by atoms with van der Waals surface area (Å²) in [6.45, 7) is 1.73. The summed E-state index contributed by atoms with van der Waals surface area (Å²) in [6, 6.07) is 0. The zero-order valence-corrected chi connectivity index (χ0v) is 11.2. The fraction of sp³-hybridized carbons (Fsp3) is 0.917. The standard InChI is InChI=1S/C12H22ClNO3/c1-16-6-7-17-8-11(15)14-10-12(9-13)4-2-3-5-12/h2-10H2,1H3,(H,14,15). The van der Waals surface area contributed by atoms with Gasteiger partial charge in [-0.1, -0.05) is 12.8 Å². The molecule has 17 heavy (non-hydrogen) atoms. The van der Waals surface area contributed by atoms with Crippen molar-refractivity contribution in [1.82, 2.24) is 5.32 Å². The Hall–Kier alpha value is -0.320. The van der Waals surface area contributed by atoms with E-state index in [1.165, 1.54) is 12.8 Å². The van der Waals surface area contributed by atoms with E-state index in [1.807, 2.05) is 0 Å². The second-order valence-electron chi connectivity index (χ2n) is 4.66. The van der Waals surface area contributed by atoms with Crippen molar-refractivity contribution in [3.8, 4) is 0 Å². The monoisotopic (exact) mass is 263 g/mol. The number of nitrogens with one attached hydrogen (secondary N) is 1. The maximum Gasteiger partial charge on any atom is 0.246 e. The van der Waals surface area contributed by atoms with Crippen LogP contribution in [0.1, 0.15) is 25.7 Å². The Morgan fingerprint density at radius 1 is 1.35 bits per heavy atom. The lowest BCUT2D eigenvalue weighted by Gasteiger charge is -2.26. The summed E-state index contributed by atoms with van der Waals surface area (Å²) in [5.41, 5.74) is 0.115. The van der Waals surface area contributed by atoms with Gasteiger partial charge in [0.05, 0.1) is 13.2 Å². The molecule has 0 aromatic heterocycles. The molecule has 1 amide bonds. The Kier molecular flexibility index (Phi) is 6.85. The molecule has 0 heterocycles. The van der Waals surface area contributed by atoms with Gasteiger partial charge in [-0.05, 0) is 12.8 Å². The number of rotatable bonds is 8. The zero-order valence-electron chi connectivity index (χ0n) is 10.5. The Labute approximate surface area is 108 Å². The molecule has 0 bridgehead atoms. The van der Waals surface area contributed by atoms with Crippen molar-refractivity contribution in [2.45, 2.75) is 25.7 Å². The molecular formula is C12H22ClNO3. The Morgan fingerprint density at radius 2 is 2.06 bits per heavy atom. The van der Waals surface area contributed by atoms with Gasteiger partial charge in [0, 0.05) is 24.9 Å². The van der Waals surface area contributed by atoms with Gasteiger partial charge in [0.1, 0.15) is 6.61 Å². The fourth-order valence-corrected chi connectivity index (χ4v) is 2.49. The average Bonchev–Trinajstić information content (AvgIpc) is 2.82. The summed E-state index contributed by atoms with van der Waals surface area (Å²) < 4.78 is 9.97. The topological polar surface area (TPSA) is 47.6 Å². The van der Waals surface area contributed by atoms with Gasteiger partial charge >= 0.3 is 0 Å². The molecule has 1 rings (SSSR count). The molecule has 0 aromatic rings. The number of halogens is 1.